The first-order chi connectivity index (χ1) is 23.1. The molecule has 10 heteroatoms. The van der Waals surface area contributed by atoms with Crippen LogP contribution in [0.4, 0.5) is 0 Å². The zero-order valence-electron chi connectivity index (χ0n) is 27.2. The lowest BCUT2D eigenvalue weighted by molar-refractivity contribution is -0.00987. The quantitative estimate of drug-likeness (QED) is 0.138. The Morgan fingerprint density at radius 3 is 1.65 bits per heavy atom. The van der Waals surface area contributed by atoms with Gasteiger partial charge in [0.1, 0.15) is 11.2 Å². The number of rotatable bonds is 8. The zero-order chi connectivity index (χ0) is 33.6. The second-order valence-electron chi connectivity index (χ2n) is 12.9. The molecule has 2 aliphatic heterocycles. The number of nitrogens with zero attached hydrogens (tertiary/aromatic N) is 3. The van der Waals surface area contributed by atoms with Gasteiger partial charge in [-0.2, -0.15) is 0 Å². The summed E-state index contributed by atoms with van der Waals surface area (Å²) in [6, 6.07) is 17.9. The van der Waals surface area contributed by atoms with Gasteiger partial charge >= 0.3 is 0 Å². The Bertz CT molecular complexity index is 2350. The van der Waals surface area contributed by atoms with Crippen molar-refractivity contribution < 1.29 is 28.0 Å². The van der Waals surface area contributed by atoms with Crippen LogP contribution in [0.3, 0.4) is 0 Å². The van der Waals surface area contributed by atoms with E-state index in [0.29, 0.717) is 50.6 Å². The minimum atomic E-state index is -0.719. The van der Waals surface area contributed by atoms with Gasteiger partial charge in [-0.25, -0.2) is 0 Å². The molecule has 0 radical (unpaired) electrons. The summed E-state index contributed by atoms with van der Waals surface area (Å²) in [5, 5.41) is 7.72. The number of hydrogen-bond acceptors (Lipinski definition) is 8. The normalized spacial score (nSPS) is 16.8. The van der Waals surface area contributed by atoms with E-state index in [4.69, 9.17) is 8.83 Å². The van der Waals surface area contributed by atoms with E-state index in [1.54, 1.807) is 55.8 Å². The van der Waals surface area contributed by atoms with Gasteiger partial charge in [-0.15, -0.1) is 0 Å². The van der Waals surface area contributed by atoms with E-state index in [0.717, 1.165) is 21.5 Å². The van der Waals surface area contributed by atoms with Crippen LogP contribution in [-0.2, 0) is 0 Å². The van der Waals surface area contributed by atoms with Gasteiger partial charge in [0.2, 0.25) is 0 Å². The summed E-state index contributed by atoms with van der Waals surface area (Å²) in [4.78, 5) is 61.0. The monoisotopic (exact) mass is 642 g/mol. The van der Waals surface area contributed by atoms with Crippen molar-refractivity contribution in [2.45, 2.75) is 65.6 Å². The second kappa shape index (κ2) is 10.9. The van der Waals surface area contributed by atoms with Crippen LogP contribution in [0.25, 0.3) is 43.5 Å². The Kier molecular flexibility index (Phi) is 6.80. The van der Waals surface area contributed by atoms with Gasteiger partial charge in [0, 0.05) is 60.6 Å². The molecule has 48 heavy (non-hydrogen) atoms. The average Bonchev–Trinajstić information content (AvgIpc) is 3.75. The van der Waals surface area contributed by atoms with Crippen LogP contribution in [0.15, 0.2) is 82.0 Å². The van der Waals surface area contributed by atoms with Crippen molar-refractivity contribution in [2.75, 3.05) is 0 Å². The lowest BCUT2D eigenvalue weighted by Crippen LogP contribution is -2.64. The van der Waals surface area contributed by atoms with Crippen molar-refractivity contribution in [1.29, 1.82) is 0 Å². The van der Waals surface area contributed by atoms with Crippen LogP contribution >= 0.6 is 0 Å². The van der Waals surface area contributed by atoms with Crippen molar-refractivity contribution in [3.8, 4) is 0 Å². The van der Waals surface area contributed by atoms with Crippen molar-refractivity contribution in [3.63, 3.8) is 0 Å². The van der Waals surface area contributed by atoms with Crippen LogP contribution in [0.5, 0.6) is 0 Å². The molecule has 8 rings (SSSR count). The molecule has 242 valence electrons. The van der Waals surface area contributed by atoms with Crippen LogP contribution < -0.4 is 5.32 Å². The fraction of sp³-hybridized carbons (Fsp3) is 0.263. The van der Waals surface area contributed by atoms with Gasteiger partial charge in [0.25, 0.3) is 23.6 Å². The molecule has 0 bridgehead atoms. The van der Waals surface area contributed by atoms with Crippen molar-refractivity contribution in [1.82, 2.24) is 20.0 Å². The standard InChI is InChI=1S/C38H34N4O6/c1-6-30(39-20(4)41-35(43)26-11-7-9-24-31(26)28(37(41)45)17-22-13-15-47-33(22)24)40(19(2)3)21(5)42-36(44)27-12-8-10-25-32(27)29(38(42)46)18-23-14-16-48-34(23)25/h7-21,30,39H,6H2,1-5H3. The predicted molar refractivity (Wildman–Crippen MR) is 182 cm³/mol. The minimum absolute atomic E-state index is 0.129. The topological polar surface area (TPSA) is 116 Å². The summed E-state index contributed by atoms with van der Waals surface area (Å²) < 4.78 is 11.4. The number of carbonyl (C=O) groups is 4. The first-order valence-corrected chi connectivity index (χ1v) is 16.3. The molecule has 2 aliphatic rings. The molecule has 0 saturated carbocycles. The summed E-state index contributed by atoms with van der Waals surface area (Å²) in [6.45, 7) is 9.62. The number of hydrogen-bond donors (Lipinski definition) is 1. The Morgan fingerprint density at radius 2 is 1.15 bits per heavy atom. The molecule has 0 aliphatic carbocycles. The van der Waals surface area contributed by atoms with E-state index in [1.807, 2.05) is 52.0 Å². The first-order valence-electron chi connectivity index (χ1n) is 16.3. The van der Waals surface area contributed by atoms with Gasteiger partial charge in [-0.05, 0) is 70.5 Å². The van der Waals surface area contributed by atoms with Crippen molar-refractivity contribution in [3.05, 3.63) is 95.4 Å². The molecule has 4 amide bonds. The maximum Gasteiger partial charge on any atom is 0.262 e. The largest absolute Gasteiger partial charge is 0.464 e. The number of benzene rings is 4. The summed E-state index contributed by atoms with van der Waals surface area (Å²) in [7, 11) is 0. The van der Waals surface area contributed by atoms with Gasteiger partial charge in [0.15, 0.2) is 0 Å². The molecule has 1 N–H and O–H groups in total. The predicted octanol–water partition coefficient (Wildman–Crippen LogP) is 7.11. The average molecular weight is 643 g/mol. The minimum Gasteiger partial charge on any atom is -0.464 e. The highest BCUT2D eigenvalue weighted by Crippen LogP contribution is 2.38. The van der Waals surface area contributed by atoms with E-state index in [2.05, 4.69) is 10.2 Å². The molecule has 0 saturated heterocycles. The molecule has 0 spiro atoms. The maximum absolute atomic E-state index is 14.2. The van der Waals surface area contributed by atoms with Gasteiger partial charge in [0.05, 0.1) is 31.0 Å². The number of imide groups is 2. The van der Waals surface area contributed by atoms with E-state index in [1.165, 1.54) is 9.80 Å². The lowest BCUT2D eigenvalue weighted by atomic mass is 9.92. The van der Waals surface area contributed by atoms with Crippen LogP contribution in [-0.4, -0.2) is 62.9 Å². The number of fused-ring (bicyclic) bond motifs is 4. The smallest absolute Gasteiger partial charge is 0.262 e. The third-order valence-corrected chi connectivity index (χ3v) is 9.91. The molecule has 3 unspecified atom stereocenters. The van der Waals surface area contributed by atoms with Crippen LogP contribution in [0, 0.1) is 0 Å². The highest BCUT2D eigenvalue weighted by Gasteiger charge is 2.42. The highest BCUT2D eigenvalue weighted by atomic mass is 16.3. The number of carbonyl (C=O) groups excluding carboxylic acids is 4. The summed E-state index contributed by atoms with van der Waals surface area (Å²) in [6.07, 6.45) is 1.91. The Hall–Kier alpha value is -5.32. The van der Waals surface area contributed by atoms with Crippen LogP contribution in [0.1, 0.15) is 82.5 Å². The van der Waals surface area contributed by atoms with Gasteiger partial charge in [-0.1, -0.05) is 31.2 Å². The Labute approximate surface area is 275 Å². The maximum atomic E-state index is 14.2. The number of furan rings is 2. The molecule has 4 aromatic carbocycles. The SMILES string of the molecule is CCC(NC(C)N1C(=O)c2cccc3c2c(cc2ccoc23)C1=O)N(C(C)C)C(C)N1C(=O)c2cccc3c2c(cc2ccoc23)C1=O. The highest BCUT2D eigenvalue weighted by molar-refractivity contribution is 6.30. The van der Waals surface area contributed by atoms with Gasteiger partial charge < -0.3 is 8.83 Å². The number of nitrogens with one attached hydrogen (secondary N) is 1. The Balaban J connectivity index is 1.12. The number of amides is 4. The second-order valence-corrected chi connectivity index (χ2v) is 12.9. The van der Waals surface area contributed by atoms with E-state index < -0.39 is 30.3 Å². The van der Waals surface area contributed by atoms with E-state index in [-0.39, 0.29) is 17.9 Å². The molecule has 0 fully saturated rings. The molecule has 6 aromatic rings. The molecule has 10 nitrogen and oxygen atoms in total. The van der Waals surface area contributed by atoms with Crippen molar-refractivity contribution in [2.24, 2.45) is 0 Å². The van der Waals surface area contributed by atoms with Crippen molar-refractivity contribution >= 4 is 67.1 Å². The molecular formula is C38H34N4O6. The molecule has 4 heterocycles. The zero-order valence-corrected chi connectivity index (χ0v) is 27.2. The van der Waals surface area contributed by atoms with E-state index >= 15 is 0 Å². The summed E-state index contributed by atoms with van der Waals surface area (Å²) in [5.74, 6) is -1.58. The Morgan fingerprint density at radius 1 is 0.667 bits per heavy atom. The van der Waals surface area contributed by atoms with Gasteiger partial charge in [-0.3, -0.25) is 39.2 Å². The third-order valence-electron chi connectivity index (χ3n) is 9.91. The van der Waals surface area contributed by atoms with E-state index in [9.17, 15) is 19.2 Å². The van der Waals surface area contributed by atoms with Crippen LogP contribution in [0.2, 0.25) is 0 Å². The summed E-state index contributed by atoms with van der Waals surface area (Å²) >= 11 is 0. The molecule has 2 aromatic heterocycles. The fourth-order valence-corrected chi connectivity index (χ4v) is 7.86. The molecular weight excluding hydrogens is 608 g/mol. The molecule has 3 atom stereocenters. The first kappa shape index (κ1) is 30.0. The third kappa shape index (κ3) is 4.12. The fourth-order valence-electron chi connectivity index (χ4n) is 7.86. The summed E-state index contributed by atoms with van der Waals surface area (Å²) in [5.41, 5.74) is 3.03. The lowest BCUT2D eigenvalue weighted by Gasteiger charge is -2.46.